The van der Waals surface area contributed by atoms with E-state index in [0.29, 0.717) is 36.3 Å². The fraction of sp³-hybridized carbons (Fsp3) is 0.185. The van der Waals surface area contributed by atoms with Crippen LogP contribution in [0.25, 0.3) is 22.1 Å². The fourth-order valence-corrected chi connectivity index (χ4v) is 4.44. The third-order valence-corrected chi connectivity index (χ3v) is 6.16. The van der Waals surface area contributed by atoms with Crippen LogP contribution in [0.5, 0.6) is 5.75 Å². The van der Waals surface area contributed by atoms with Crippen LogP contribution >= 0.6 is 0 Å². The minimum absolute atomic E-state index is 0.140. The van der Waals surface area contributed by atoms with Crippen LogP contribution in [-0.4, -0.2) is 34.5 Å². The van der Waals surface area contributed by atoms with Gasteiger partial charge in [-0.2, -0.15) is 0 Å². The minimum Gasteiger partial charge on any atom is -0.489 e. The molecule has 178 valence electrons. The number of carbonyl (C=O) groups is 2. The molecular formula is C27H21F2NO5. The number of rotatable bonds is 6. The second-order valence-corrected chi connectivity index (χ2v) is 8.39. The number of halogens is 2. The number of carboxylic acids is 1. The van der Waals surface area contributed by atoms with Gasteiger partial charge in [0.2, 0.25) is 0 Å². The molecule has 6 nitrogen and oxygen atoms in total. The van der Waals surface area contributed by atoms with Gasteiger partial charge in [-0.1, -0.05) is 24.3 Å². The number of aliphatic carboxylic acids is 1. The van der Waals surface area contributed by atoms with Crippen LogP contribution in [-0.2, 0) is 11.4 Å². The highest BCUT2D eigenvalue weighted by Gasteiger charge is 2.34. The predicted octanol–water partition coefficient (Wildman–Crippen LogP) is 5.65. The third kappa shape index (κ3) is 4.35. The van der Waals surface area contributed by atoms with Gasteiger partial charge in [0.25, 0.3) is 5.91 Å². The third-order valence-electron chi connectivity index (χ3n) is 6.16. The standard InChI is InChI=1S/C27H21F2NO5/c28-21-14-22(29)24(25-20(21)10-12-34-25)17-6-8-19(9-7-17)35-15-16-3-1-4-18(13-16)26(31)30-11-2-5-23(30)27(32)33/h1,3-4,6-10,12-14,23H,2,5,11,15H2,(H,32,33)/t23-/m0/s1. The summed E-state index contributed by atoms with van der Waals surface area (Å²) in [6.45, 7) is 0.595. The maximum absolute atomic E-state index is 14.5. The number of carbonyl (C=O) groups excluding carboxylic acids is 1. The first kappa shape index (κ1) is 22.6. The zero-order chi connectivity index (χ0) is 24.5. The first-order valence-electron chi connectivity index (χ1n) is 11.1. The molecule has 1 aliphatic heterocycles. The highest BCUT2D eigenvalue weighted by Crippen LogP contribution is 2.34. The van der Waals surface area contributed by atoms with E-state index < -0.39 is 23.6 Å². The summed E-state index contributed by atoms with van der Waals surface area (Å²) in [5, 5.41) is 9.56. The molecule has 1 saturated heterocycles. The molecule has 2 heterocycles. The molecule has 5 rings (SSSR count). The number of nitrogens with zero attached hydrogens (tertiary/aromatic N) is 1. The predicted molar refractivity (Wildman–Crippen MR) is 124 cm³/mol. The molecule has 1 fully saturated rings. The monoisotopic (exact) mass is 477 g/mol. The molecule has 1 atom stereocenters. The van der Waals surface area contributed by atoms with E-state index in [4.69, 9.17) is 9.15 Å². The average Bonchev–Trinajstić information content (AvgIpc) is 3.54. The highest BCUT2D eigenvalue weighted by atomic mass is 19.1. The number of amides is 1. The number of hydrogen-bond acceptors (Lipinski definition) is 4. The Morgan fingerprint density at radius 3 is 2.63 bits per heavy atom. The Balaban J connectivity index is 1.30. The number of ether oxygens (including phenoxy) is 1. The average molecular weight is 477 g/mol. The second kappa shape index (κ2) is 9.21. The van der Waals surface area contributed by atoms with Gasteiger partial charge in [0.1, 0.15) is 35.6 Å². The molecule has 1 aromatic heterocycles. The van der Waals surface area contributed by atoms with E-state index in [1.54, 1.807) is 42.5 Å². The summed E-state index contributed by atoms with van der Waals surface area (Å²) in [7, 11) is 0. The smallest absolute Gasteiger partial charge is 0.326 e. The summed E-state index contributed by atoms with van der Waals surface area (Å²) in [6.07, 6.45) is 2.43. The number of hydrogen-bond donors (Lipinski definition) is 1. The van der Waals surface area contributed by atoms with Crippen molar-refractivity contribution in [3.05, 3.63) is 89.7 Å². The van der Waals surface area contributed by atoms with E-state index in [2.05, 4.69) is 0 Å². The van der Waals surface area contributed by atoms with E-state index in [0.717, 1.165) is 11.6 Å². The summed E-state index contributed by atoms with van der Waals surface area (Å²) in [5.74, 6) is -2.19. The fourth-order valence-electron chi connectivity index (χ4n) is 4.44. The molecule has 35 heavy (non-hydrogen) atoms. The van der Waals surface area contributed by atoms with Crippen LogP contribution < -0.4 is 4.74 Å². The van der Waals surface area contributed by atoms with Gasteiger partial charge in [-0.25, -0.2) is 13.6 Å². The molecule has 0 saturated carbocycles. The molecule has 0 radical (unpaired) electrons. The lowest BCUT2D eigenvalue weighted by Gasteiger charge is -2.21. The van der Waals surface area contributed by atoms with Crippen LogP contribution in [0.3, 0.4) is 0 Å². The van der Waals surface area contributed by atoms with Gasteiger partial charge in [0.05, 0.1) is 17.2 Å². The SMILES string of the molecule is O=C(O)[C@@H]1CCCN1C(=O)c1cccc(COc2ccc(-c3c(F)cc(F)c4ccoc34)cc2)c1. The van der Waals surface area contributed by atoms with Gasteiger partial charge in [-0.15, -0.1) is 0 Å². The summed E-state index contributed by atoms with van der Waals surface area (Å²) >= 11 is 0. The van der Waals surface area contributed by atoms with Crippen LogP contribution in [0.15, 0.2) is 71.3 Å². The van der Waals surface area contributed by atoms with Gasteiger partial charge in [0, 0.05) is 18.2 Å². The first-order valence-corrected chi connectivity index (χ1v) is 11.1. The van der Waals surface area contributed by atoms with Crippen molar-refractivity contribution in [1.82, 2.24) is 4.90 Å². The molecule has 0 spiro atoms. The summed E-state index contributed by atoms with van der Waals surface area (Å²) in [6, 6.07) is 15.0. The lowest BCUT2D eigenvalue weighted by Crippen LogP contribution is -2.40. The lowest BCUT2D eigenvalue weighted by molar-refractivity contribution is -0.141. The van der Waals surface area contributed by atoms with Crippen LogP contribution in [0, 0.1) is 11.6 Å². The van der Waals surface area contributed by atoms with Crippen LogP contribution in [0.1, 0.15) is 28.8 Å². The maximum atomic E-state index is 14.5. The molecule has 0 bridgehead atoms. The first-order chi connectivity index (χ1) is 16.9. The van der Waals surface area contributed by atoms with Crippen molar-refractivity contribution in [2.45, 2.75) is 25.5 Å². The van der Waals surface area contributed by atoms with E-state index in [1.165, 1.54) is 17.2 Å². The van der Waals surface area contributed by atoms with Crippen molar-refractivity contribution in [2.75, 3.05) is 6.54 Å². The minimum atomic E-state index is -0.993. The van der Waals surface area contributed by atoms with Gasteiger partial charge < -0.3 is 19.2 Å². The number of benzene rings is 3. The van der Waals surface area contributed by atoms with Crippen molar-refractivity contribution < 1.29 is 32.6 Å². The van der Waals surface area contributed by atoms with Crippen LogP contribution in [0.4, 0.5) is 8.78 Å². The molecule has 0 unspecified atom stereocenters. The molecule has 1 aliphatic rings. The summed E-state index contributed by atoms with van der Waals surface area (Å²) < 4.78 is 39.6. The van der Waals surface area contributed by atoms with Crippen molar-refractivity contribution in [2.24, 2.45) is 0 Å². The molecule has 1 amide bonds. The van der Waals surface area contributed by atoms with Gasteiger partial charge in [-0.05, 0) is 54.3 Å². The van der Waals surface area contributed by atoms with Gasteiger partial charge in [0.15, 0.2) is 0 Å². The number of likely N-dealkylation sites (tertiary alicyclic amines) is 1. The number of fused-ring (bicyclic) bond motifs is 1. The molecule has 0 aliphatic carbocycles. The number of carboxylic acid groups (broad SMARTS) is 1. The zero-order valence-electron chi connectivity index (χ0n) is 18.5. The Morgan fingerprint density at radius 2 is 1.86 bits per heavy atom. The zero-order valence-corrected chi connectivity index (χ0v) is 18.5. The molecule has 1 N–H and O–H groups in total. The molecular weight excluding hydrogens is 456 g/mol. The Morgan fingerprint density at radius 1 is 1.06 bits per heavy atom. The Kier molecular flexibility index (Phi) is 5.94. The molecule has 4 aromatic rings. The van der Waals surface area contributed by atoms with Crippen molar-refractivity contribution in [1.29, 1.82) is 0 Å². The molecule has 3 aromatic carbocycles. The Bertz CT molecular complexity index is 1410. The Labute approximate surface area is 199 Å². The van der Waals surface area contributed by atoms with E-state index in [-0.39, 0.29) is 29.0 Å². The van der Waals surface area contributed by atoms with Crippen molar-refractivity contribution in [3.63, 3.8) is 0 Å². The van der Waals surface area contributed by atoms with E-state index in [1.807, 2.05) is 6.07 Å². The second-order valence-electron chi connectivity index (χ2n) is 8.39. The van der Waals surface area contributed by atoms with Crippen molar-refractivity contribution >= 4 is 22.8 Å². The maximum Gasteiger partial charge on any atom is 0.326 e. The Hall–Kier alpha value is -4.20. The van der Waals surface area contributed by atoms with Gasteiger partial charge in [-0.3, -0.25) is 4.79 Å². The highest BCUT2D eigenvalue weighted by molar-refractivity contribution is 5.97. The van der Waals surface area contributed by atoms with Crippen molar-refractivity contribution in [3.8, 4) is 16.9 Å². The molecule has 8 heteroatoms. The summed E-state index contributed by atoms with van der Waals surface area (Å²) in [5.41, 5.74) is 1.98. The van der Waals surface area contributed by atoms with E-state index in [9.17, 15) is 23.5 Å². The van der Waals surface area contributed by atoms with Crippen LogP contribution in [0.2, 0.25) is 0 Å². The summed E-state index contributed by atoms with van der Waals surface area (Å²) in [4.78, 5) is 25.7. The quantitative estimate of drug-likeness (QED) is 0.388. The van der Waals surface area contributed by atoms with Gasteiger partial charge >= 0.3 is 5.97 Å². The largest absolute Gasteiger partial charge is 0.489 e. The lowest BCUT2D eigenvalue weighted by atomic mass is 10.0. The normalized spacial score (nSPS) is 15.5. The number of furan rings is 1. The van der Waals surface area contributed by atoms with E-state index >= 15 is 0 Å². The topological polar surface area (TPSA) is 80.0 Å².